The van der Waals surface area contributed by atoms with Crippen molar-refractivity contribution in [3.05, 3.63) is 59.4 Å². The minimum atomic E-state index is -0.192. The molecule has 2 aromatic carbocycles. The third-order valence-electron chi connectivity index (χ3n) is 8.20. The summed E-state index contributed by atoms with van der Waals surface area (Å²) in [4.78, 5) is 6.67. The van der Waals surface area contributed by atoms with E-state index in [2.05, 4.69) is 29.3 Å². The van der Waals surface area contributed by atoms with E-state index in [9.17, 15) is 4.39 Å². The molecule has 3 nitrogen and oxygen atoms in total. The first-order valence-electron chi connectivity index (χ1n) is 11.9. The molecule has 31 heavy (non-hydrogen) atoms. The van der Waals surface area contributed by atoms with Gasteiger partial charge in [0.05, 0.1) is 24.6 Å². The lowest BCUT2D eigenvalue weighted by atomic mass is 9.48. The number of morpholine rings is 1. The molecule has 0 radical (unpaired) electrons. The first-order chi connectivity index (χ1) is 15.2. The van der Waals surface area contributed by atoms with Crippen LogP contribution in [0.3, 0.4) is 0 Å². The van der Waals surface area contributed by atoms with Gasteiger partial charge in [-0.15, -0.1) is 0 Å². The molecule has 2 aromatic rings. The molecule has 1 heterocycles. The smallest absolute Gasteiger partial charge is 0.147 e. The van der Waals surface area contributed by atoms with Crippen molar-refractivity contribution >= 4 is 17.6 Å². The van der Waals surface area contributed by atoms with Gasteiger partial charge in [-0.05, 0) is 97.1 Å². The van der Waals surface area contributed by atoms with Gasteiger partial charge in [0.25, 0.3) is 0 Å². The van der Waals surface area contributed by atoms with Crippen LogP contribution in [0.2, 0.25) is 0 Å². The van der Waals surface area contributed by atoms with Crippen molar-refractivity contribution in [3.63, 3.8) is 0 Å². The van der Waals surface area contributed by atoms with Gasteiger partial charge >= 0.3 is 0 Å². The Hall–Kier alpha value is -2.20. The number of rotatable bonds is 4. The maximum absolute atomic E-state index is 14.6. The molecule has 4 aliphatic carbocycles. The molecule has 1 aliphatic heterocycles. The van der Waals surface area contributed by atoms with E-state index in [4.69, 9.17) is 4.74 Å². The summed E-state index contributed by atoms with van der Waals surface area (Å²) < 4.78 is 20.0. The fraction of sp³-hybridized carbons (Fsp3) is 0.519. The number of anilines is 1. The van der Waals surface area contributed by atoms with Crippen LogP contribution in [0.25, 0.3) is 0 Å². The summed E-state index contributed by atoms with van der Waals surface area (Å²) in [5, 5.41) is 0. The van der Waals surface area contributed by atoms with E-state index in [-0.39, 0.29) is 5.82 Å². The Kier molecular flexibility index (Phi) is 4.86. The Balaban J connectivity index is 1.16. The Morgan fingerprint density at radius 2 is 1.55 bits per heavy atom. The van der Waals surface area contributed by atoms with Gasteiger partial charge < -0.3 is 9.64 Å². The predicted octanol–water partition coefficient (Wildman–Crippen LogP) is 5.88. The zero-order valence-electron chi connectivity index (χ0n) is 18.1. The second kappa shape index (κ2) is 7.74. The molecular weight excluding hydrogens is 387 g/mol. The average molecular weight is 419 g/mol. The van der Waals surface area contributed by atoms with Crippen molar-refractivity contribution in [1.29, 1.82) is 0 Å². The van der Waals surface area contributed by atoms with Crippen LogP contribution in [0.15, 0.2) is 47.5 Å². The summed E-state index contributed by atoms with van der Waals surface area (Å²) in [6.07, 6.45) is 10.3. The maximum Gasteiger partial charge on any atom is 0.147 e. The number of ether oxygens (including phenoxy) is 1. The Morgan fingerprint density at radius 3 is 2.16 bits per heavy atom. The lowest BCUT2D eigenvalue weighted by Gasteiger charge is -2.57. The molecule has 0 aromatic heterocycles. The number of hydrogen-bond acceptors (Lipinski definition) is 3. The van der Waals surface area contributed by atoms with Crippen molar-refractivity contribution in [2.75, 3.05) is 31.2 Å². The van der Waals surface area contributed by atoms with Crippen LogP contribution in [0.5, 0.6) is 0 Å². The number of hydrogen-bond donors (Lipinski definition) is 0. The van der Waals surface area contributed by atoms with Gasteiger partial charge in [-0.3, -0.25) is 4.99 Å². The summed E-state index contributed by atoms with van der Waals surface area (Å²) in [6.45, 7) is 2.78. The van der Waals surface area contributed by atoms with Crippen LogP contribution in [0.1, 0.15) is 49.7 Å². The standard InChI is InChI=1S/C27H31FN2O/c28-25-14-19(1-6-26(25)30-7-9-31-10-8-30)18-29-24-4-2-23(3-5-24)27-15-20-11-21(16-27)13-22(12-20)17-27/h1-6,14,18,20-22H,7-13,15-17H2. The van der Waals surface area contributed by atoms with Crippen molar-refractivity contribution < 1.29 is 9.13 Å². The Labute approximate surface area is 184 Å². The van der Waals surface area contributed by atoms with Crippen LogP contribution in [-0.4, -0.2) is 32.5 Å². The highest BCUT2D eigenvalue weighted by atomic mass is 19.1. The molecule has 5 aliphatic rings. The molecule has 7 rings (SSSR count). The van der Waals surface area contributed by atoms with E-state index in [0.29, 0.717) is 24.3 Å². The van der Waals surface area contributed by atoms with E-state index < -0.39 is 0 Å². The summed E-state index contributed by atoms with van der Waals surface area (Å²) in [6, 6.07) is 14.3. The average Bonchev–Trinajstić information content (AvgIpc) is 2.78. The van der Waals surface area contributed by atoms with Crippen LogP contribution < -0.4 is 4.90 Å². The first-order valence-corrected chi connectivity index (χ1v) is 11.9. The zero-order valence-corrected chi connectivity index (χ0v) is 18.1. The van der Waals surface area contributed by atoms with Gasteiger partial charge in [-0.1, -0.05) is 18.2 Å². The normalized spacial score (nSPS) is 32.2. The van der Waals surface area contributed by atoms with E-state index in [1.165, 1.54) is 44.1 Å². The molecule has 0 unspecified atom stereocenters. The van der Waals surface area contributed by atoms with Crippen molar-refractivity contribution in [2.24, 2.45) is 22.7 Å². The van der Waals surface area contributed by atoms with E-state index in [1.807, 2.05) is 17.0 Å². The first kappa shape index (κ1) is 19.5. The lowest BCUT2D eigenvalue weighted by Crippen LogP contribution is -2.48. The molecule has 1 saturated heterocycles. The Bertz CT molecular complexity index is 942. The van der Waals surface area contributed by atoms with Gasteiger partial charge in [0.15, 0.2) is 0 Å². The predicted molar refractivity (Wildman–Crippen MR) is 123 cm³/mol. The van der Waals surface area contributed by atoms with Gasteiger partial charge in [-0.2, -0.15) is 0 Å². The highest BCUT2D eigenvalue weighted by molar-refractivity contribution is 5.82. The number of halogens is 1. The molecule has 5 fully saturated rings. The second-order valence-corrected chi connectivity index (χ2v) is 10.3. The van der Waals surface area contributed by atoms with Gasteiger partial charge in [0.1, 0.15) is 5.82 Å². The quantitative estimate of drug-likeness (QED) is 0.579. The van der Waals surface area contributed by atoms with Crippen LogP contribution >= 0.6 is 0 Å². The highest BCUT2D eigenvalue weighted by Gasteiger charge is 2.51. The van der Waals surface area contributed by atoms with E-state index in [1.54, 1.807) is 12.3 Å². The highest BCUT2D eigenvalue weighted by Crippen LogP contribution is 2.60. The van der Waals surface area contributed by atoms with Crippen LogP contribution in [0, 0.1) is 23.6 Å². The van der Waals surface area contributed by atoms with Gasteiger partial charge in [0.2, 0.25) is 0 Å². The number of benzene rings is 2. The topological polar surface area (TPSA) is 24.8 Å². The number of nitrogens with zero attached hydrogens (tertiary/aromatic N) is 2. The number of aliphatic imine (C=N–C) groups is 1. The fourth-order valence-electron chi connectivity index (χ4n) is 7.18. The fourth-order valence-corrected chi connectivity index (χ4v) is 7.18. The minimum absolute atomic E-state index is 0.192. The molecule has 0 N–H and O–H groups in total. The minimum Gasteiger partial charge on any atom is -0.378 e. The summed E-state index contributed by atoms with van der Waals surface area (Å²) in [5.41, 5.74) is 4.33. The molecule has 0 spiro atoms. The van der Waals surface area contributed by atoms with Gasteiger partial charge in [0, 0.05) is 19.3 Å². The third-order valence-corrected chi connectivity index (χ3v) is 8.20. The van der Waals surface area contributed by atoms with Crippen LogP contribution in [0.4, 0.5) is 15.8 Å². The molecular formula is C27H31FN2O. The molecule has 0 atom stereocenters. The maximum atomic E-state index is 14.6. The molecule has 4 saturated carbocycles. The van der Waals surface area contributed by atoms with Gasteiger partial charge in [-0.25, -0.2) is 4.39 Å². The molecule has 4 heteroatoms. The molecule has 162 valence electrons. The lowest BCUT2D eigenvalue weighted by molar-refractivity contribution is -0.00518. The molecule has 0 amide bonds. The molecule has 4 bridgehead atoms. The largest absolute Gasteiger partial charge is 0.378 e. The monoisotopic (exact) mass is 418 g/mol. The summed E-state index contributed by atoms with van der Waals surface area (Å²) in [7, 11) is 0. The van der Waals surface area contributed by atoms with Crippen LogP contribution in [-0.2, 0) is 10.2 Å². The van der Waals surface area contributed by atoms with E-state index >= 15 is 0 Å². The van der Waals surface area contributed by atoms with Crippen molar-refractivity contribution in [1.82, 2.24) is 0 Å². The SMILES string of the molecule is Fc1cc(C=Nc2ccc(C34CC5CC(CC(C5)C3)C4)cc2)ccc1N1CCOCC1. The third kappa shape index (κ3) is 3.69. The summed E-state index contributed by atoms with van der Waals surface area (Å²) in [5.74, 6) is 2.68. The zero-order chi connectivity index (χ0) is 20.8. The second-order valence-electron chi connectivity index (χ2n) is 10.3. The van der Waals surface area contributed by atoms with E-state index in [0.717, 1.165) is 42.1 Å². The van der Waals surface area contributed by atoms with Crippen molar-refractivity contribution in [3.8, 4) is 0 Å². The van der Waals surface area contributed by atoms with Crippen molar-refractivity contribution in [2.45, 2.75) is 43.9 Å². The Morgan fingerprint density at radius 1 is 0.903 bits per heavy atom. The summed E-state index contributed by atoms with van der Waals surface area (Å²) >= 11 is 0.